The Kier molecular flexibility index (Phi) is 6.55. The Morgan fingerprint density at radius 2 is 2.14 bits per heavy atom. The Balaban J connectivity index is 1.89. The van der Waals surface area contributed by atoms with E-state index in [0.29, 0.717) is 12.6 Å². The first-order chi connectivity index (χ1) is 10.2. The number of aryl methyl sites for hydroxylation is 1. The summed E-state index contributed by atoms with van der Waals surface area (Å²) in [5, 5.41) is 3.57. The molecular formula is C17H22ClNOS. The van der Waals surface area contributed by atoms with E-state index in [2.05, 4.69) is 37.4 Å². The van der Waals surface area contributed by atoms with Crippen LogP contribution >= 0.6 is 22.9 Å². The minimum Gasteiger partial charge on any atom is -0.494 e. The molecule has 4 heteroatoms. The van der Waals surface area contributed by atoms with Crippen LogP contribution in [0.4, 0.5) is 0 Å². The van der Waals surface area contributed by atoms with Crippen molar-refractivity contribution in [2.24, 2.45) is 0 Å². The average molecular weight is 324 g/mol. The summed E-state index contributed by atoms with van der Waals surface area (Å²) in [4.78, 5) is 1.28. The first kappa shape index (κ1) is 16.3. The maximum atomic E-state index is 6.05. The molecule has 1 heterocycles. The second-order valence-corrected chi connectivity index (χ2v) is 6.85. The smallest absolute Gasteiger partial charge is 0.119 e. The fourth-order valence-electron chi connectivity index (χ4n) is 2.18. The van der Waals surface area contributed by atoms with E-state index in [9.17, 15) is 0 Å². The van der Waals surface area contributed by atoms with Crippen LogP contribution in [0.25, 0.3) is 0 Å². The number of hydrogen-bond donors (Lipinski definition) is 1. The number of benzene rings is 1. The van der Waals surface area contributed by atoms with E-state index >= 15 is 0 Å². The molecule has 0 amide bonds. The van der Waals surface area contributed by atoms with Crippen molar-refractivity contribution >= 4 is 22.9 Å². The summed E-state index contributed by atoms with van der Waals surface area (Å²) >= 11 is 7.69. The monoisotopic (exact) mass is 323 g/mol. The highest BCUT2D eigenvalue weighted by Gasteiger charge is 2.13. The van der Waals surface area contributed by atoms with E-state index in [1.165, 1.54) is 10.4 Å². The Morgan fingerprint density at radius 1 is 1.29 bits per heavy atom. The van der Waals surface area contributed by atoms with Gasteiger partial charge in [0, 0.05) is 17.3 Å². The topological polar surface area (TPSA) is 21.3 Å². The zero-order valence-corrected chi connectivity index (χ0v) is 14.1. The minimum atomic E-state index is 0.312. The van der Waals surface area contributed by atoms with E-state index in [4.69, 9.17) is 16.3 Å². The normalized spacial score (nSPS) is 12.3. The van der Waals surface area contributed by atoms with Gasteiger partial charge in [-0.1, -0.05) is 30.7 Å². The van der Waals surface area contributed by atoms with Gasteiger partial charge in [0.15, 0.2) is 0 Å². The lowest BCUT2D eigenvalue weighted by molar-refractivity contribution is 0.287. The molecule has 114 valence electrons. The SMILES string of the molecule is CCCNC(CCOc1cccc(C)c1)c1ccc(Cl)s1. The standard InChI is InChI=1S/C17H22ClNOS/c1-3-10-19-15(16-7-8-17(18)21-16)9-11-20-14-6-4-5-13(2)12-14/h4-8,12,15,19H,3,9-11H2,1-2H3. The van der Waals surface area contributed by atoms with Crippen molar-refractivity contribution in [1.29, 1.82) is 0 Å². The van der Waals surface area contributed by atoms with Crippen LogP contribution in [0.2, 0.25) is 4.34 Å². The first-order valence-electron chi connectivity index (χ1n) is 7.37. The maximum absolute atomic E-state index is 6.05. The van der Waals surface area contributed by atoms with E-state index in [1.807, 2.05) is 18.2 Å². The number of halogens is 1. The van der Waals surface area contributed by atoms with Crippen LogP contribution in [0.1, 0.15) is 36.2 Å². The van der Waals surface area contributed by atoms with Gasteiger partial charge in [0.05, 0.1) is 10.9 Å². The van der Waals surface area contributed by atoms with Crippen LogP contribution in [0, 0.1) is 6.92 Å². The van der Waals surface area contributed by atoms with Gasteiger partial charge in [0.2, 0.25) is 0 Å². The van der Waals surface area contributed by atoms with Crippen molar-refractivity contribution < 1.29 is 4.74 Å². The van der Waals surface area contributed by atoms with Crippen LogP contribution in [0.3, 0.4) is 0 Å². The summed E-state index contributed by atoms with van der Waals surface area (Å²) in [6.45, 7) is 5.95. The van der Waals surface area contributed by atoms with Gasteiger partial charge in [-0.05, 0) is 49.7 Å². The highest BCUT2D eigenvalue weighted by molar-refractivity contribution is 7.16. The third-order valence-corrected chi connectivity index (χ3v) is 4.59. The second kappa shape index (κ2) is 8.42. The Bertz CT molecular complexity index is 555. The molecule has 2 rings (SSSR count). The molecule has 0 radical (unpaired) electrons. The van der Waals surface area contributed by atoms with E-state index in [-0.39, 0.29) is 0 Å². The molecule has 0 spiro atoms. The summed E-state index contributed by atoms with van der Waals surface area (Å²) in [5.41, 5.74) is 1.22. The van der Waals surface area contributed by atoms with Crippen LogP contribution in [0.5, 0.6) is 5.75 Å². The minimum absolute atomic E-state index is 0.312. The molecule has 1 atom stereocenters. The second-order valence-electron chi connectivity index (χ2n) is 5.10. The van der Waals surface area contributed by atoms with Crippen LogP contribution < -0.4 is 10.1 Å². The quantitative estimate of drug-likeness (QED) is 0.719. The fourth-order valence-corrected chi connectivity index (χ4v) is 3.35. The predicted molar refractivity (Wildman–Crippen MR) is 91.7 cm³/mol. The number of nitrogens with one attached hydrogen (secondary N) is 1. The zero-order chi connectivity index (χ0) is 15.1. The molecule has 1 aromatic heterocycles. The van der Waals surface area contributed by atoms with Crippen LogP contribution in [0.15, 0.2) is 36.4 Å². The van der Waals surface area contributed by atoms with Gasteiger partial charge in [-0.15, -0.1) is 11.3 Å². The average Bonchev–Trinajstić information content (AvgIpc) is 2.89. The summed E-state index contributed by atoms with van der Waals surface area (Å²) in [6.07, 6.45) is 2.05. The number of hydrogen-bond acceptors (Lipinski definition) is 3. The van der Waals surface area contributed by atoms with Crippen molar-refractivity contribution in [1.82, 2.24) is 5.32 Å². The third-order valence-electron chi connectivity index (χ3n) is 3.24. The summed E-state index contributed by atoms with van der Waals surface area (Å²) in [5.74, 6) is 0.938. The van der Waals surface area contributed by atoms with Gasteiger partial charge < -0.3 is 10.1 Å². The highest BCUT2D eigenvalue weighted by Crippen LogP contribution is 2.29. The molecule has 1 aromatic carbocycles. The molecule has 21 heavy (non-hydrogen) atoms. The zero-order valence-electron chi connectivity index (χ0n) is 12.6. The van der Waals surface area contributed by atoms with Crippen molar-refractivity contribution in [3.8, 4) is 5.75 Å². The van der Waals surface area contributed by atoms with Crippen molar-refractivity contribution in [3.05, 3.63) is 51.2 Å². The number of thiophene rings is 1. The highest BCUT2D eigenvalue weighted by atomic mass is 35.5. The third kappa shape index (κ3) is 5.34. The Labute approximate surface area is 136 Å². The molecule has 2 nitrogen and oxygen atoms in total. The van der Waals surface area contributed by atoms with E-state index in [0.717, 1.165) is 29.5 Å². The van der Waals surface area contributed by atoms with Gasteiger partial charge in [-0.25, -0.2) is 0 Å². The largest absolute Gasteiger partial charge is 0.494 e. The van der Waals surface area contributed by atoms with Crippen molar-refractivity contribution in [2.45, 2.75) is 32.7 Å². The molecule has 0 bridgehead atoms. The molecule has 0 saturated heterocycles. The lowest BCUT2D eigenvalue weighted by Crippen LogP contribution is -2.23. The van der Waals surface area contributed by atoms with Gasteiger partial charge in [-0.2, -0.15) is 0 Å². The predicted octanol–water partition coefficient (Wildman–Crippen LogP) is 5.22. The van der Waals surface area contributed by atoms with Crippen molar-refractivity contribution in [2.75, 3.05) is 13.2 Å². The molecule has 0 saturated carbocycles. The van der Waals surface area contributed by atoms with Crippen molar-refractivity contribution in [3.63, 3.8) is 0 Å². The van der Waals surface area contributed by atoms with E-state index < -0.39 is 0 Å². The molecule has 1 N–H and O–H groups in total. The van der Waals surface area contributed by atoms with Gasteiger partial charge in [0.25, 0.3) is 0 Å². The molecule has 1 unspecified atom stereocenters. The van der Waals surface area contributed by atoms with Gasteiger partial charge >= 0.3 is 0 Å². The fraction of sp³-hybridized carbons (Fsp3) is 0.412. The Morgan fingerprint density at radius 3 is 2.81 bits per heavy atom. The van der Waals surface area contributed by atoms with Crippen LogP contribution in [-0.4, -0.2) is 13.2 Å². The lowest BCUT2D eigenvalue weighted by Gasteiger charge is -2.17. The number of ether oxygens (including phenoxy) is 1. The molecular weight excluding hydrogens is 302 g/mol. The van der Waals surface area contributed by atoms with Gasteiger partial charge in [-0.3, -0.25) is 0 Å². The van der Waals surface area contributed by atoms with Gasteiger partial charge in [0.1, 0.15) is 5.75 Å². The Hall–Kier alpha value is -1.03. The summed E-state index contributed by atoms with van der Waals surface area (Å²) in [7, 11) is 0. The molecule has 0 fully saturated rings. The molecule has 0 aliphatic carbocycles. The van der Waals surface area contributed by atoms with Crippen LogP contribution in [-0.2, 0) is 0 Å². The van der Waals surface area contributed by atoms with E-state index in [1.54, 1.807) is 11.3 Å². The summed E-state index contributed by atoms with van der Waals surface area (Å²) in [6, 6.07) is 12.5. The molecule has 0 aliphatic heterocycles. The first-order valence-corrected chi connectivity index (χ1v) is 8.56. The summed E-state index contributed by atoms with van der Waals surface area (Å²) < 4.78 is 6.70. The molecule has 0 aliphatic rings. The lowest BCUT2D eigenvalue weighted by atomic mass is 10.1. The number of rotatable bonds is 8. The molecule has 2 aromatic rings. The maximum Gasteiger partial charge on any atom is 0.119 e.